The molecule has 122 valence electrons. The molecule has 22 heavy (non-hydrogen) atoms. The number of carboxylic acids is 1. The number of aliphatic carboxylic acids is 1. The lowest BCUT2D eigenvalue weighted by atomic mass is 10.1. The van der Waals surface area contributed by atoms with Crippen molar-refractivity contribution in [1.29, 1.82) is 0 Å². The van der Waals surface area contributed by atoms with Gasteiger partial charge in [0.15, 0.2) is 11.5 Å². The SMILES string of the molecule is COc1cc(C(=O)NCCCCC(=O)O)cc(OC)c1OC. The van der Waals surface area contributed by atoms with Crippen LogP contribution in [0.4, 0.5) is 0 Å². The molecule has 0 aromatic heterocycles. The summed E-state index contributed by atoms with van der Waals surface area (Å²) in [6, 6.07) is 3.13. The number of unbranched alkanes of at least 4 members (excludes halogenated alkanes) is 1. The molecule has 0 radical (unpaired) electrons. The normalized spacial score (nSPS) is 9.95. The first-order chi connectivity index (χ1) is 10.5. The predicted octanol–water partition coefficient (Wildman–Crippen LogP) is 1.70. The van der Waals surface area contributed by atoms with Gasteiger partial charge in [-0.25, -0.2) is 0 Å². The smallest absolute Gasteiger partial charge is 0.303 e. The molecular formula is C15H21NO6. The third kappa shape index (κ3) is 4.83. The Labute approximate surface area is 129 Å². The maximum absolute atomic E-state index is 12.1. The van der Waals surface area contributed by atoms with E-state index in [1.165, 1.54) is 21.3 Å². The summed E-state index contributed by atoms with van der Waals surface area (Å²) in [6.07, 6.45) is 1.22. The van der Waals surface area contributed by atoms with Crippen LogP contribution in [0.2, 0.25) is 0 Å². The standard InChI is InChI=1S/C15H21NO6/c1-20-11-8-10(9-12(21-2)14(11)22-3)15(19)16-7-5-4-6-13(17)18/h8-9H,4-7H2,1-3H3,(H,16,19)(H,17,18). The maximum atomic E-state index is 12.1. The monoisotopic (exact) mass is 311 g/mol. The van der Waals surface area contributed by atoms with E-state index in [0.29, 0.717) is 42.2 Å². The number of carbonyl (C=O) groups is 2. The van der Waals surface area contributed by atoms with E-state index in [0.717, 1.165) is 0 Å². The molecular weight excluding hydrogens is 290 g/mol. The molecule has 0 aliphatic rings. The van der Waals surface area contributed by atoms with Gasteiger partial charge in [-0.15, -0.1) is 0 Å². The lowest BCUT2D eigenvalue weighted by molar-refractivity contribution is -0.137. The van der Waals surface area contributed by atoms with Crippen LogP contribution >= 0.6 is 0 Å². The third-order valence-electron chi connectivity index (χ3n) is 3.03. The van der Waals surface area contributed by atoms with Crippen molar-refractivity contribution in [3.05, 3.63) is 17.7 Å². The highest BCUT2D eigenvalue weighted by Gasteiger charge is 2.16. The van der Waals surface area contributed by atoms with E-state index in [2.05, 4.69) is 5.32 Å². The van der Waals surface area contributed by atoms with Gasteiger partial charge in [0.05, 0.1) is 21.3 Å². The lowest BCUT2D eigenvalue weighted by Crippen LogP contribution is -2.24. The Balaban J connectivity index is 2.71. The first kappa shape index (κ1) is 17.6. The minimum Gasteiger partial charge on any atom is -0.493 e. The molecule has 7 heteroatoms. The Bertz CT molecular complexity index is 504. The Morgan fingerprint density at radius 2 is 1.64 bits per heavy atom. The summed E-state index contributed by atoms with van der Waals surface area (Å²) >= 11 is 0. The molecule has 0 saturated heterocycles. The summed E-state index contributed by atoms with van der Waals surface area (Å²) in [5, 5.41) is 11.3. The number of methoxy groups -OCH3 is 3. The van der Waals surface area contributed by atoms with Crippen molar-refractivity contribution in [1.82, 2.24) is 5.32 Å². The van der Waals surface area contributed by atoms with Crippen molar-refractivity contribution in [2.75, 3.05) is 27.9 Å². The number of carbonyl (C=O) groups excluding carboxylic acids is 1. The van der Waals surface area contributed by atoms with Gasteiger partial charge in [0.25, 0.3) is 5.91 Å². The number of ether oxygens (including phenoxy) is 3. The molecule has 0 bridgehead atoms. The van der Waals surface area contributed by atoms with Crippen molar-refractivity contribution < 1.29 is 28.9 Å². The number of nitrogens with one attached hydrogen (secondary N) is 1. The fraction of sp³-hybridized carbons (Fsp3) is 0.467. The average molecular weight is 311 g/mol. The highest BCUT2D eigenvalue weighted by Crippen LogP contribution is 2.38. The van der Waals surface area contributed by atoms with Crippen LogP contribution in [0, 0.1) is 0 Å². The minimum atomic E-state index is -0.837. The fourth-order valence-corrected chi connectivity index (χ4v) is 1.92. The number of hydrogen-bond donors (Lipinski definition) is 2. The Hall–Kier alpha value is -2.44. The summed E-state index contributed by atoms with van der Waals surface area (Å²) < 4.78 is 15.6. The van der Waals surface area contributed by atoms with Crippen LogP contribution < -0.4 is 19.5 Å². The van der Waals surface area contributed by atoms with Crippen LogP contribution in [0.15, 0.2) is 12.1 Å². The highest BCUT2D eigenvalue weighted by atomic mass is 16.5. The zero-order chi connectivity index (χ0) is 16.5. The van der Waals surface area contributed by atoms with Crippen LogP contribution in [-0.2, 0) is 4.79 Å². The molecule has 1 aromatic rings. The highest BCUT2D eigenvalue weighted by molar-refractivity contribution is 5.95. The van der Waals surface area contributed by atoms with Crippen LogP contribution in [-0.4, -0.2) is 44.9 Å². The number of benzene rings is 1. The molecule has 7 nitrogen and oxygen atoms in total. The molecule has 1 rings (SSSR count). The summed E-state index contributed by atoms with van der Waals surface area (Å²) in [7, 11) is 4.44. The molecule has 0 unspecified atom stereocenters. The quantitative estimate of drug-likeness (QED) is 0.674. The summed E-state index contributed by atoms with van der Waals surface area (Å²) in [5.74, 6) is 0.101. The van der Waals surface area contributed by atoms with Gasteiger partial charge in [-0.05, 0) is 25.0 Å². The molecule has 0 aliphatic carbocycles. The number of rotatable bonds is 9. The molecule has 0 aliphatic heterocycles. The van der Waals surface area contributed by atoms with Crippen molar-refractivity contribution in [3.8, 4) is 17.2 Å². The minimum absolute atomic E-state index is 0.0973. The molecule has 1 aromatic carbocycles. The van der Waals surface area contributed by atoms with E-state index in [-0.39, 0.29) is 12.3 Å². The number of carboxylic acid groups (broad SMARTS) is 1. The van der Waals surface area contributed by atoms with Crippen molar-refractivity contribution >= 4 is 11.9 Å². The third-order valence-corrected chi connectivity index (χ3v) is 3.03. The van der Waals surface area contributed by atoms with Gasteiger partial charge in [-0.3, -0.25) is 9.59 Å². The molecule has 0 saturated carbocycles. The Kier molecular flexibility index (Phi) is 7.01. The first-order valence-corrected chi connectivity index (χ1v) is 6.83. The zero-order valence-corrected chi connectivity index (χ0v) is 13.0. The second-order valence-corrected chi connectivity index (χ2v) is 4.52. The summed E-state index contributed by atoms with van der Waals surface area (Å²) in [5.41, 5.74) is 0.382. The molecule has 0 spiro atoms. The van der Waals surface area contributed by atoms with Gasteiger partial charge in [0.2, 0.25) is 5.75 Å². The van der Waals surface area contributed by atoms with Crippen LogP contribution in [0.5, 0.6) is 17.2 Å². The second-order valence-electron chi connectivity index (χ2n) is 4.52. The number of hydrogen-bond acceptors (Lipinski definition) is 5. The van der Waals surface area contributed by atoms with Gasteiger partial charge >= 0.3 is 5.97 Å². The maximum Gasteiger partial charge on any atom is 0.303 e. The second kappa shape index (κ2) is 8.76. The molecule has 0 fully saturated rings. The van der Waals surface area contributed by atoms with Crippen molar-refractivity contribution in [2.45, 2.75) is 19.3 Å². The molecule has 2 N–H and O–H groups in total. The largest absolute Gasteiger partial charge is 0.493 e. The first-order valence-electron chi connectivity index (χ1n) is 6.83. The predicted molar refractivity (Wildman–Crippen MR) is 79.9 cm³/mol. The van der Waals surface area contributed by atoms with E-state index in [4.69, 9.17) is 19.3 Å². The van der Waals surface area contributed by atoms with Gasteiger partial charge in [0.1, 0.15) is 0 Å². The molecule has 0 heterocycles. The van der Waals surface area contributed by atoms with E-state index >= 15 is 0 Å². The topological polar surface area (TPSA) is 94.1 Å². The average Bonchev–Trinajstić information content (AvgIpc) is 2.52. The van der Waals surface area contributed by atoms with E-state index in [1.54, 1.807) is 12.1 Å². The summed E-state index contributed by atoms with van der Waals surface area (Å²) in [4.78, 5) is 22.5. The van der Waals surface area contributed by atoms with Crippen LogP contribution in [0.3, 0.4) is 0 Å². The lowest BCUT2D eigenvalue weighted by Gasteiger charge is -2.14. The summed E-state index contributed by atoms with van der Waals surface area (Å²) in [6.45, 7) is 0.406. The fourth-order valence-electron chi connectivity index (χ4n) is 1.92. The van der Waals surface area contributed by atoms with E-state index < -0.39 is 5.97 Å². The van der Waals surface area contributed by atoms with Crippen LogP contribution in [0.25, 0.3) is 0 Å². The van der Waals surface area contributed by atoms with E-state index in [9.17, 15) is 9.59 Å². The zero-order valence-electron chi connectivity index (χ0n) is 13.0. The van der Waals surface area contributed by atoms with Gasteiger partial charge in [0, 0.05) is 18.5 Å². The van der Waals surface area contributed by atoms with Crippen molar-refractivity contribution in [3.63, 3.8) is 0 Å². The van der Waals surface area contributed by atoms with Gasteiger partial charge in [-0.1, -0.05) is 0 Å². The Morgan fingerprint density at radius 3 is 2.09 bits per heavy atom. The Morgan fingerprint density at radius 1 is 1.05 bits per heavy atom. The van der Waals surface area contributed by atoms with Crippen molar-refractivity contribution in [2.24, 2.45) is 0 Å². The van der Waals surface area contributed by atoms with Gasteiger partial charge in [-0.2, -0.15) is 0 Å². The van der Waals surface area contributed by atoms with E-state index in [1.807, 2.05) is 0 Å². The van der Waals surface area contributed by atoms with Crippen LogP contribution in [0.1, 0.15) is 29.6 Å². The number of amides is 1. The van der Waals surface area contributed by atoms with Gasteiger partial charge < -0.3 is 24.6 Å². The molecule has 1 amide bonds. The molecule has 0 atom stereocenters.